The molecule has 4 rings (SSSR count). The molecule has 0 fully saturated rings. The Bertz CT molecular complexity index is 1150. The molecule has 0 aliphatic carbocycles. The second kappa shape index (κ2) is 6.72. The van der Waals surface area contributed by atoms with Crippen molar-refractivity contribution in [2.24, 2.45) is 0 Å². The van der Waals surface area contributed by atoms with Gasteiger partial charge in [0.05, 0.1) is 16.8 Å². The first kappa shape index (κ1) is 16.5. The van der Waals surface area contributed by atoms with Gasteiger partial charge in [-0.2, -0.15) is 0 Å². The van der Waals surface area contributed by atoms with E-state index in [1.54, 1.807) is 18.5 Å². The maximum atomic E-state index is 11.5. The number of carboxylic acids is 1. The predicted octanol–water partition coefficient (Wildman–Crippen LogP) is 3.84. The van der Waals surface area contributed by atoms with Crippen LogP contribution < -0.4 is 5.32 Å². The van der Waals surface area contributed by atoms with Crippen molar-refractivity contribution in [1.82, 2.24) is 15.0 Å². The van der Waals surface area contributed by atoms with Gasteiger partial charge in [0.15, 0.2) is 5.82 Å². The Hall–Kier alpha value is -4.00. The highest BCUT2D eigenvalue weighted by Gasteiger charge is 2.15. The molecule has 3 N–H and O–H groups in total. The minimum absolute atomic E-state index is 0.0550. The first-order chi connectivity index (χ1) is 13.1. The van der Waals surface area contributed by atoms with Crippen molar-refractivity contribution < 1.29 is 15.0 Å². The number of carboxylic acid groups (broad SMARTS) is 1. The summed E-state index contributed by atoms with van der Waals surface area (Å²) in [4.78, 5) is 24.8. The third-order valence-electron chi connectivity index (χ3n) is 4.01. The van der Waals surface area contributed by atoms with Crippen LogP contribution in [0.15, 0.2) is 67.0 Å². The number of nitrogens with one attached hydrogen (secondary N) is 1. The number of pyridine rings is 1. The highest BCUT2D eigenvalue weighted by Crippen LogP contribution is 2.29. The summed E-state index contributed by atoms with van der Waals surface area (Å²) in [6, 6.07) is 15.2. The Morgan fingerprint density at radius 1 is 1.00 bits per heavy atom. The lowest BCUT2D eigenvalue weighted by molar-refractivity contribution is 0.0697. The lowest BCUT2D eigenvalue weighted by Gasteiger charge is -2.13. The van der Waals surface area contributed by atoms with E-state index in [9.17, 15) is 15.0 Å². The van der Waals surface area contributed by atoms with Gasteiger partial charge in [-0.25, -0.2) is 14.8 Å². The summed E-state index contributed by atoms with van der Waals surface area (Å²) < 4.78 is 0. The van der Waals surface area contributed by atoms with Crippen molar-refractivity contribution >= 4 is 28.4 Å². The van der Waals surface area contributed by atoms with Crippen LogP contribution in [0.3, 0.4) is 0 Å². The second-order valence-electron chi connectivity index (χ2n) is 5.81. The summed E-state index contributed by atoms with van der Waals surface area (Å²) in [5.41, 5.74) is 1.72. The molecule has 2 heterocycles. The quantitative estimate of drug-likeness (QED) is 0.476. The molecule has 0 aliphatic rings. The van der Waals surface area contributed by atoms with Crippen LogP contribution in [0.1, 0.15) is 10.4 Å². The largest absolute Gasteiger partial charge is 0.508 e. The number of aromatic carboxylic acids is 1. The maximum absolute atomic E-state index is 11.5. The molecule has 2 aromatic carbocycles. The number of rotatable bonds is 4. The molecule has 0 saturated carbocycles. The van der Waals surface area contributed by atoms with Gasteiger partial charge in [-0.3, -0.25) is 4.98 Å². The van der Waals surface area contributed by atoms with Crippen LogP contribution in [0.5, 0.6) is 5.75 Å². The Kier molecular flexibility index (Phi) is 4.10. The highest BCUT2D eigenvalue weighted by atomic mass is 16.4. The monoisotopic (exact) mass is 358 g/mol. The number of hydrogen-bond acceptors (Lipinski definition) is 6. The smallest absolute Gasteiger partial charge is 0.337 e. The second-order valence-corrected chi connectivity index (χ2v) is 5.81. The van der Waals surface area contributed by atoms with Gasteiger partial charge in [0.2, 0.25) is 0 Å². The molecular formula is C20H14N4O3. The van der Waals surface area contributed by atoms with E-state index in [1.165, 1.54) is 18.2 Å². The third-order valence-corrected chi connectivity index (χ3v) is 4.01. The molecule has 2 aromatic heterocycles. The fourth-order valence-corrected chi connectivity index (χ4v) is 2.74. The SMILES string of the molecule is O=C(O)c1cc(O)ccc1Nc1nc(-c2cccnc2)nc2ccccc12. The highest BCUT2D eigenvalue weighted by molar-refractivity contribution is 5.98. The zero-order chi connectivity index (χ0) is 18.8. The van der Waals surface area contributed by atoms with Gasteiger partial charge in [-0.15, -0.1) is 0 Å². The molecule has 0 spiro atoms. The summed E-state index contributed by atoms with van der Waals surface area (Å²) in [6.45, 7) is 0. The number of para-hydroxylation sites is 1. The minimum Gasteiger partial charge on any atom is -0.508 e. The number of hydrogen-bond donors (Lipinski definition) is 3. The Morgan fingerprint density at radius 3 is 2.63 bits per heavy atom. The molecular weight excluding hydrogens is 344 g/mol. The Labute approximate surface area is 154 Å². The lowest BCUT2D eigenvalue weighted by atomic mass is 10.1. The van der Waals surface area contributed by atoms with Crippen molar-refractivity contribution in [2.75, 3.05) is 5.32 Å². The number of aromatic hydroxyl groups is 1. The average Bonchev–Trinajstić information content (AvgIpc) is 2.69. The van der Waals surface area contributed by atoms with Gasteiger partial charge in [0.25, 0.3) is 0 Å². The molecule has 7 nitrogen and oxygen atoms in total. The Balaban J connectivity index is 1.88. The standard InChI is InChI=1S/C20H14N4O3/c25-13-7-8-17(15(10-13)20(26)27)23-19-14-5-1-2-6-16(14)22-18(24-19)12-4-3-9-21-11-12/h1-11,25H,(H,26,27)(H,22,23,24). The number of nitrogens with zero attached hydrogens (tertiary/aromatic N) is 3. The molecule has 0 unspecified atom stereocenters. The molecule has 132 valence electrons. The molecule has 0 atom stereocenters. The van der Waals surface area contributed by atoms with Crippen LogP contribution in [0.2, 0.25) is 0 Å². The molecule has 4 aromatic rings. The van der Waals surface area contributed by atoms with E-state index >= 15 is 0 Å². The van der Waals surface area contributed by atoms with E-state index in [1.807, 2.05) is 30.3 Å². The van der Waals surface area contributed by atoms with E-state index in [0.29, 0.717) is 22.8 Å². The lowest BCUT2D eigenvalue weighted by Crippen LogP contribution is -2.05. The molecule has 27 heavy (non-hydrogen) atoms. The first-order valence-electron chi connectivity index (χ1n) is 8.12. The van der Waals surface area contributed by atoms with Gasteiger partial charge in [-0.1, -0.05) is 12.1 Å². The van der Waals surface area contributed by atoms with Crippen LogP contribution in [0.25, 0.3) is 22.3 Å². The predicted molar refractivity (Wildman–Crippen MR) is 101 cm³/mol. The fraction of sp³-hybridized carbons (Fsp3) is 0. The van der Waals surface area contributed by atoms with E-state index in [2.05, 4.69) is 20.3 Å². The zero-order valence-electron chi connectivity index (χ0n) is 14.0. The number of aromatic nitrogens is 3. The molecule has 0 amide bonds. The van der Waals surface area contributed by atoms with Crippen LogP contribution in [-0.4, -0.2) is 31.1 Å². The van der Waals surface area contributed by atoms with Crippen LogP contribution >= 0.6 is 0 Å². The summed E-state index contributed by atoms with van der Waals surface area (Å²) in [5.74, 6) is -0.339. The third kappa shape index (κ3) is 3.25. The molecule has 7 heteroatoms. The minimum atomic E-state index is -1.15. The van der Waals surface area contributed by atoms with Gasteiger partial charge in [-0.05, 0) is 42.5 Å². The summed E-state index contributed by atoms with van der Waals surface area (Å²) in [6.07, 6.45) is 3.33. The number of anilines is 2. The van der Waals surface area contributed by atoms with Gasteiger partial charge < -0.3 is 15.5 Å². The van der Waals surface area contributed by atoms with Gasteiger partial charge in [0, 0.05) is 23.3 Å². The van der Waals surface area contributed by atoms with Crippen molar-refractivity contribution in [3.8, 4) is 17.1 Å². The van der Waals surface area contributed by atoms with Gasteiger partial charge >= 0.3 is 5.97 Å². The molecule has 0 saturated heterocycles. The van der Waals surface area contributed by atoms with E-state index in [4.69, 9.17) is 0 Å². The first-order valence-corrected chi connectivity index (χ1v) is 8.12. The van der Waals surface area contributed by atoms with Crippen molar-refractivity contribution in [3.63, 3.8) is 0 Å². The number of phenolic OH excluding ortho intramolecular Hbond substituents is 1. The molecule has 0 aliphatic heterocycles. The van der Waals surface area contributed by atoms with E-state index in [0.717, 1.165) is 10.9 Å². The average molecular weight is 358 g/mol. The number of phenols is 1. The van der Waals surface area contributed by atoms with Crippen LogP contribution in [0.4, 0.5) is 11.5 Å². The van der Waals surface area contributed by atoms with Crippen molar-refractivity contribution in [2.45, 2.75) is 0 Å². The molecule has 0 bridgehead atoms. The molecule has 0 radical (unpaired) electrons. The normalized spacial score (nSPS) is 10.7. The van der Waals surface area contributed by atoms with Crippen molar-refractivity contribution in [3.05, 3.63) is 72.6 Å². The van der Waals surface area contributed by atoms with E-state index in [-0.39, 0.29) is 11.3 Å². The summed E-state index contributed by atoms with van der Waals surface area (Å²) >= 11 is 0. The van der Waals surface area contributed by atoms with E-state index < -0.39 is 5.97 Å². The Morgan fingerprint density at radius 2 is 1.85 bits per heavy atom. The number of fused-ring (bicyclic) bond motifs is 1. The zero-order valence-corrected chi connectivity index (χ0v) is 14.0. The fourth-order valence-electron chi connectivity index (χ4n) is 2.74. The van der Waals surface area contributed by atoms with Crippen molar-refractivity contribution in [1.29, 1.82) is 0 Å². The van der Waals surface area contributed by atoms with Crippen LogP contribution in [0, 0.1) is 0 Å². The maximum Gasteiger partial charge on any atom is 0.337 e. The summed E-state index contributed by atoms with van der Waals surface area (Å²) in [7, 11) is 0. The summed E-state index contributed by atoms with van der Waals surface area (Å²) in [5, 5.41) is 22.8. The number of benzene rings is 2. The van der Waals surface area contributed by atoms with Gasteiger partial charge in [0.1, 0.15) is 11.6 Å². The number of carbonyl (C=O) groups is 1. The van der Waals surface area contributed by atoms with Crippen LogP contribution in [-0.2, 0) is 0 Å². The topological polar surface area (TPSA) is 108 Å².